The van der Waals surface area contributed by atoms with Crippen LogP contribution in [-0.2, 0) is 10.0 Å². The molecule has 8 heteroatoms. The van der Waals surface area contributed by atoms with Crippen LogP contribution in [0.2, 0.25) is 5.02 Å². The van der Waals surface area contributed by atoms with Gasteiger partial charge in [0.1, 0.15) is 10.7 Å². The van der Waals surface area contributed by atoms with Gasteiger partial charge in [0.2, 0.25) is 10.0 Å². The van der Waals surface area contributed by atoms with Gasteiger partial charge in [-0.2, -0.15) is 11.3 Å². The molecule has 0 fully saturated rings. The van der Waals surface area contributed by atoms with Crippen molar-refractivity contribution in [2.24, 2.45) is 0 Å². The van der Waals surface area contributed by atoms with Gasteiger partial charge in [0.05, 0.1) is 5.02 Å². The second-order valence-electron chi connectivity index (χ2n) is 3.94. The lowest BCUT2D eigenvalue weighted by atomic mass is 10.2. The summed E-state index contributed by atoms with van der Waals surface area (Å²) in [5.41, 5.74) is 6.36. The molecule has 2 heterocycles. The molecule has 0 saturated carbocycles. The summed E-state index contributed by atoms with van der Waals surface area (Å²) in [5.74, 6) is 0.103. The third-order valence-electron chi connectivity index (χ3n) is 2.53. The van der Waals surface area contributed by atoms with Gasteiger partial charge in [0.25, 0.3) is 0 Å². The SMILES string of the molecule is CC(NS(=O)(=O)c1cnc(N)c(Cl)c1)c1ccsc1. The number of pyridine rings is 1. The maximum atomic E-state index is 12.2. The minimum atomic E-state index is -3.67. The molecule has 0 aliphatic heterocycles. The summed E-state index contributed by atoms with van der Waals surface area (Å²) in [6, 6.07) is 2.83. The molecule has 0 spiro atoms. The van der Waals surface area contributed by atoms with E-state index in [-0.39, 0.29) is 21.8 Å². The van der Waals surface area contributed by atoms with Crippen LogP contribution in [0.15, 0.2) is 34.0 Å². The van der Waals surface area contributed by atoms with E-state index in [1.807, 2.05) is 16.8 Å². The number of nitrogens with one attached hydrogen (secondary N) is 1. The number of nitrogen functional groups attached to an aromatic ring is 1. The zero-order valence-corrected chi connectivity index (χ0v) is 12.4. The predicted molar refractivity (Wildman–Crippen MR) is 76.7 cm³/mol. The van der Waals surface area contributed by atoms with Crippen LogP contribution in [0, 0.1) is 0 Å². The quantitative estimate of drug-likeness (QED) is 0.907. The fraction of sp³-hybridized carbons (Fsp3) is 0.182. The molecule has 0 bridgehead atoms. The molecule has 0 aliphatic rings. The van der Waals surface area contributed by atoms with Crippen molar-refractivity contribution in [2.75, 3.05) is 5.73 Å². The van der Waals surface area contributed by atoms with Crippen molar-refractivity contribution in [1.29, 1.82) is 0 Å². The summed E-state index contributed by atoms with van der Waals surface area (Å²) < 4.78 is 26.9. The highest BCUT2D eigenvalue weighted by Gasteiger charge is 2.19. The Labute approximate surface area is 120 Å². The zero-order chi connectivity index (χ0) is 14.0. The molecule has 2 rings (SSSR count). The van der Waals surface area contributed by atoms with Gasteiger partial charge < -0.3 is 5.73 Å². The molecule has 2 aromatic rings. The molecule has 0 amide bonds. The number of hydrogen-bond acceptors (Lipinski definition) is 5. The van der Waals surface area contributed by atoms with Gasteiger partial charge in [0.15, 0.2) is 0 Å². The van der Waals surface area contributed by atoms with Crippen molar-refractivity contribution in [2.45, 2.75) is 17.9 Å². The second kappa shape index (κ2) is 5.46. The van der Waals surface area contributed by atoms with Crippen LogP contribution in [0.4, 0.5) is 5.82 Å². The van der Waals surface area contributed by atoms with Gasteiger partial charge in [0, 0.05) is 12.2 Å². The molecule has 0 aromatic carbocycles. The van der Waals surface area contributed by atoms with E-state index in [1.165, 1.54) is 23.6 Å². The fourth-order valence-corrected chi connectivity index (χ4v) is 3.66. The van der Waals surface area contributed by atoms with Crippen molar-refractivity contribution in [3.05, 3.63) is 39.7 Å². The average molecular weight is 318 g/mol. The van der Waals surface area contributed by atoms with E-state index in [1.54, 1.807) is 6.92 Å². The van der Waals surface area contributed by atoms with Crippen molar-refractivity contribution < 1.29 is 8.42 Å². The molecule has 0 saturated heterocycles. The van der Waals surface area contributed by atoms with Crippen LogP contribution >= 0.6 is 22.9 Å². The Hall–Kier alpha value is -1.15. The Morgan fingerprint density at radius 2 is 2.26 bits per heavy atom. The third-order valence-corrected chi connectivity index (χ3v) is 5.04. The van der Waals surface area contributed by atoms with Gasteiger partial charge in [-0.3, -0.25) is 0 Å². The second-order valence-corrected chi connectivity index (χ2v) is 6.84. The summed E-state index contributed by atoms with van der Waals surface area (Å²) in [7, 11) is -3.67. The van der Waals surface area contributed by atoms with E-state index < -0.39 is 10.0 Å². The Morgan fingerprint density at radius 1 is 1.53 bits per heavy atom. The molecule has 0 aliphatic carbocycles. The molecular weight excluding hydrogens is 306 g/mol. The minimum Gasteiger partial charge on any atom is -0.382 e. The average Bonchev–Trinajstić information content (AvgIpc) is 2.85. The zero-order valence-electron chi connectivity index (χ0n) is 10.00. The molecule has 1 atom stereocenters. The Bertz CT molecular complexity index is 671. The number of sulfonamides is 1. The number of anilines is 1. The molecule has 19 heavy (non-hydrogen) atoms. The molecule has 0 radical (unpaired) electrons. The van der Waals surface area contributed by atoms with E-state index in [4.69, 9.17) is 17.3 Å². The van der Waals surface area contributed by atoms with Crippen LogP contribution in [0.1, 0.15) is 18.5 Å². The highest BCUT2D eigenvalue weighted by atomic mass is 35.5. The van der Waals surface area contributed by atoms with Crippen molar-refractivity contribution >= 4 is 38.8 Å². The number of aromatic nitrogens is 1. The van der Waals surface area contributed by atoms with Crippen LogP contribution < -0.4 is 10.5 Å². The lowest BCUT2D eigenvalue weighted by Crippen LogP contribution is -2.26. The summed E-state index contributed by atoms with van der Waals surface area (Å²) in [5, 5.41) is 3.90. The molecule has 102 valence electrons. The normalized spacial score (nSPS) is 13.4. The van der Waals surface area contributed by atoms with Gasteiger partial charge in [-0.25, -0.2) is 18.1 Å². The van der Waals surface area contributed by atoms with Crippen molar-refractivity contribution in [3.8, 4) is 0 Å². The van der Waals surface area contributed by atoms with Gasteiger partial charge in [-0.05, 0) is 35.4 Å². The van der Waals surface area contributed by atoms with E-state index in [0.29, 0.717) is 0 Å². The van der Waals surface area contributed by atoms with Crippen LogP contribution in [-0.4, -0.2) is 13.4 Å². The summed E-state index contributed by atoms with van der Waals surface area (Å²) in [6.45, 7) is 1.77. The van der Waals surface area contributed by atoms with E-state index in [0.717, 1.165) is 5.56 Å². The van der Waals surface area contributed by atoms with Crippen LogP contribution in [0.5, 0.6) is 0 Å². The summed E-state index contributed by atoms with van der Waals surface area (Å²) in [6.07, 6.45) is 1.18. The van der Waals surface area contributed by atoms with Crippen molar-refractivity contribution in [1.82, 2.24) is 9.71 Å². The first-order valence-corrected chi connectivity index (χ1v) is 8.16. The minimum absolute atomic E-state index is 0.00576. The molecule has 3 N–H and O–H groups in total. The fourth-order valence-electron chi connectivity index (χ4n) is 1.47. The van der Waals surface area contributed by atoms with Gasteiger partial charge >= 0.3 is 0 Å². The topological polar surface area (TPSA) is 85.1 Å². The number of halogens is 1. The first-order chi connectivity index (χ1) is 8.90. The standard InChI is InChI=1S/C11H12ClN3O2S2/c1-7(8-2-3-18-6-8)15-19(16,17)9-4-10(12)11(13)14-5-9/h2-7,15H,1H3,(H2,13,14). The molecule has 2 aromatic heterocycles. The lowest BCUT2D eigenvalue weighted by Gasteiger charge is -2.13. The number of rotatable bonds is 4. The first-order valence-electron chi connectivity index (χ1n) is 5.35. The first kappa shape index (κ1) is 14.3. The number of hydrogen-bond donors (Lipinski definition) is 2. The van der Waals surface area contributed by atoms with E-state index in [9.17, 15) is 8.42 Å². The van der Waals surface area contributed by atoms with E-state index in [2.05, 4.69) is 9.71 Å². The third kappa shape index (κ3) is 3.24. The predicted octanol–water partition coefficient (Wildman–Crippen LogP) is 2.42. The van der Waals surface area contributed by atoms with Gasteiger partial charge in [-0.15, -0.1) is 0 Å². The van der Waals surface area contributed by atoms with Crippen LogP contribution in [0.25, 0.3) is 0 Å². The monoisotopic (exact) mass is 317 g/mol. The summed E-state index contributed by atoms with van der Waals surface area (Å²) in [4.78, 5) is 3.74. The van der Waals surface area contributed by atoms with Crippen LogP contribution in [0.3, 0.4) is 0 Å². The number of thiophene rings is 1. The Morgan fingerprint density at radius 3 is 2.84 bits per heavy atom. The number of nitrogens with two attached hydrogens (primary N) is 1. The highest BCUT2D eigenvalue weighted by Crippen LogP contribution is 2.22. The lowest BCUT2D eigenvalue weighted by molar-refractivity contribution is 0.567. The maximum Gasteiger partial charge on any atom is 0.242 e. The largest absolute Gasteiger partial charge is 0.382 e. The Kier molecular flexibility index (Phi) is 4.10. The number of nitrogens with zero attached hydrogens (tertiary/aromatic N) is 1. The smallest absolute Gasteiger partial charge is 0.242 e. The summed E-state index contributed by atoms with van der Waals surface area (Å²) >= 11 is 7.29. The molecule has 1 unspecified atom stereocenters. The molecule has 5 nitrogen and oxygen atoms in total. The van der Waals surface area contributed by atoms with E-state index >= 15 is 0 Å². The maximum absolute atomic E-state index is 12.2. The Balaban J connectivity index is 2.25. The highest BCUT2D eigenvalue weighted by molar-refractivity contribution is 7.89. The van der Waals surface area contributed by atoms with Gasteiger partial charge in [-0.1, -0.05) is 11.6 Å². The molecular formula is C11H12ClN3O2S2. The van der Waals surface area contributed by atoms with Crippen molar-refractivity contribution in [3.63, 3.8) is 0 Å².